The summed E-state index contributed by atoms with van der Waals surface area (Å²) in [5.74, 6) is 2.21. The van der Waals surface area contributed by atoms with Gasteiger partial charge in [-0.1, -0.05) is 17.3 Å². The van der Waals surface area contributed by atoms with Crippen molar-refractivity contribution in [3.63, 3.8) is 0 Å². The second-order valence-corrected chi connectivity index (χ2v) is 5.60. The van der Waals surface area contributed by atoms with Crippen LogP contribution in [0.2, 0.25) is 0 Å². The molecule has 1 aliphatic rings. The van der Waals surface area contributed by atoms with E-state index in [2.05, 4.69) is 10.5 Å². The molecular weight excluding hydrogens is 296 g/mol. The van der Waals surface area contributed by atoms with Crippen molar-refractivity contribution in [1.82, 2.24) is 10.5 Å². The Bertz CT molecular complexity index is 676. The molecule has 3 rings (SSSR count). The van der Waals surface area contributed by atoms with Crippen LogP contribution in [0.3, 0.4) is 0 Å². The Labute approximate surface area is 134 Å². The van der Waals surface area contributed by atoms with Crippen molar-refractivity contribution in [2.45, 2.75) is 32.8 Å². The van der Waals surface area contributed by atoms with Gasteiger partial charge in [-0.2, -0.15) is 0 Å². The van der Waals surface area contributed by atoms with Crippen LogP contribution in [0.25, 0.3) is 0 Å². The first-order valence-electron chi connectivity index (χ1n) is 7.70. The van der Waals surface area contributed by atoms with E-state index in [1.54, 1.807) is 0 Å². The topological polar surface area (TPSA) is 73.6 Å². The van der Waals surface area contributed by atoms with Crippen molar-refractivity contribution in [3.05, 3.63) is 41.3 Å². The second-order valence-electron chi connectivity index (χ2n) is 5.60. The minimum absolute atomic E-state index is 0.0209. The smallest absolute Gasteiger partial charge is 0.220 e. The highest BCUT2D eigenvalue weighted by atomic mass is 16.6. The summed E-state index contributed by atoms with van der Waals surface area (Å²) < 4.78 is 16.5. The largest absolute Gasteiger partial charge is 0.486 e. The molecule has 122 valence electrons. The van der Waals surface area contributed by atoms with Crippen LogP contribution in [-0.2, 0) is 11.2 Å². The minimum Gasteiger partial charge on any atom is -0.486 e. The first kappa shape index (κ1) is 15.4. The van der Waals surface area contributed by atoms with Crippen LogP contribution >= 0.6 is 0 Å². The van der Waals surface area contributed by atoms with E-state index in [1.165, 1.54) is 0 Å². The summed E-state index contributed by atoms with van der Waals surface area (Å²) in [4.78, 5) is 12.0. The number of hydrogen-bond acceptors (Lipinski definition) is 5. The maximum absolute atomic E-state index is 12.0. The molecular formula is C17H20N2O4. The number of hydrogen-bond donors (Lipinski definition) is 1. The lowest BCUT2D eigenvalue weighted by Gasteiger charge is -2.26. The Morgan fingerprint density at radius 1 is 1.30 bits per heavy atom. The summed E-state index contributed by atoms with van der Waals surface area (Å²) in [6, 6.07) is 7.53. The number of ether oxygens (including phenoxy) is 2. The first-order valence-corrected chi connectivity index (χ1v) is 7.70. The van der Waals surface area contributed by atoms with Gasteiger partial charge in [0.1, 0.15) is 18.5 Å². The molecule has 1 aliphatic heterocycles. The Morgan fingerprint density at radius 3 is 2.83 bits per heavy atom. The number of para-hydroxylation sites is 2. The highest BCUT2D eigenvalue weighted by Crippen LogP contribution is 2.30. The van der Waals surface area contributed by atoms with E-state index in [9.17, 15) is 4.79 Å². The maximum atomic E-state index is 12.0. The summed E-state index contributed by atoms with van der Waals surface area (Å²) in [5.41, 5.74) is 1.85. The number of aromatic nitrogens is 1. The highest BCUT2D eigenvalue weighted by Gasteiger charge is 2.21. The van der Waals surface area contributed by atoms with Crippen LogP contribution in [0, 0.1) is 13.8 Å². The molecule has 0 aliphatic carbocycles. The van der Waals surface area contributed by atoms with Crippen LogP contribution in [0.4, 0.5) is 0 Å². The van der Waals surface area contributed by atoms with Gasteiger partial charge in [0, 0.05) is 12.0 Å². The summed E-state index contributed by atoms with van der Waals surface area (Å²) in [6.07, 6.45) is 0.846. The normalized spacial score (nSPS) is 16.2. The van der Waals surface area contributed by atoms with E-state index in [-0.39, 0.29) is 12.0 Å². The number of amides is 1. The van der Waals surface area contributed by atoms with Crippen LogP contribution in [0.15, 0.2) is 28.8 Å². The van der Waals surface area contributed by atoms with E-state index in [0.717, 1.165) is 22.8 Å². The Balaban J connectivity index is 1.45. The number of nitrogens with one attached hydrogen (secondary N) is 1. The Morgan fingerprint density at radius 2 is 2.09 bits per heavy atom. The van der Waals surface area contributed by atoms with Crippen molar-refractivity contribution in [1.29, 1.82) is 0 Å². The molecule has 23 heavy (non-hydrogen) atoms. The molecule has 0 saturated heterocycles. The molecule has 0 fully saturated rings. The monoisotopic (exact) mass is 316 g/mol. The molecule has 1 amide bonds. The Hall–Kier alpha value is -2.50. The van der Waals surface area contributed by atoms with E-state index >= 15 is 0 Å². The van der Waals surface area contributed by atoms with Crippen molar-refractivity contribution < 1.29 is 18.8 Å². The highest BCUT2D eigenvalue weighted by molar-refractivity contribution is 5.76. The zero-order valence-electron chi connectivity index (χ0n) is 13.3. The summed E-state index contributed by atoms with van der Waals surface area (Å²) in [5, 5.41) is 6.78. The predicted octanol–water partition coefficient (Wildman–Crippen LogP) is 2.18. The number of aryl methyl sites for hydroxylation is 2. The molecule has 0 spiro atoms. The van der Waals surface area contributed by atoms with Gasteiger partial charge in [-0.3, -0.25) is 4.79 Å². The SMILES string of the molecule is Cc1noc(C)c1CCC(=O)NC[C@@H]1COc2ccccc2O1. The Kier molecular flexibility index (Phi) is 4.50. The van der Waals surface area contributed by atoms with Gasteiger partial charge in [-0.15, -0.1) is 0 Å². The van der Waals surface area contributed by atoms with Crippen LogP contribution in [0.5, 0.6) is 11.5 Å². The van der Waals surface area contributed by atoms with Gasteiger partial charge in [-0.05, 0) is 32.4 Å². The van der Waals surface area contributed by atoms with Gasteiger partial charge < -0.3 is 19.3 Å². The zero-order chi connectivity index (χ0) is 16.2. The second kappa shape index (κ2) is 6.73. The van der Waals surface area contributed by atoms with Crippen LogP contribution < -0.4 is 14.8 Å². The number of nitrogens with zero attached hydrogens (tertiary/aromatic N) is 1. The minimum atomic E-state index is -0.173. The molecule has 1 aromatic carbocycles. The number of rotatable bonds is 5. The van der Waals surface area contributed by atoms with E-state index in [0.29, 0.717) is 31.7 Å². The lowest BCUT2D eigenvalue weighted by atomic mass is 10.1. The van der Waals surface area contributed by atoms with Gasteiger partial charge in [0.25, 0.3) is 0 Å². The fourth-order valence-corrected chi connectivity index (χ4v) is 2.58. The summed E-state index contributed by atoms with van der Waals surface area (Å²) >= 11 is 0. The van der Waals surface area contributed by atoms with Gasteiger partial charge in [0.15, 0.2) is 11.5 Å². The summed E-state index contributed by atoms with van der Waals surface area (Å²) in [6.45, 7) is 4.60. The molecule has 2 aromatic rings. The van der Waals surface area contributed by atoms with Gasteiger partial charge in [0.05, 0.1) is 12.2 Å². The fraction of sp³-hybridized carbons (Fsp3) is 0.412. The molecule has 6 nitrogen and oxygen atoms in total. The number of carbonyl (C=O) groups is 1. The number of benzene rings is 1. The third kappa shape index (κ3) is 3.64. The van der Waals surface area contributed by atoms with E-state index in [4.69, 9.17) is 14.0 Å². The van der Waals surface area contributed by atoms with Crippen molar-refractivity contribution in [2.24, 2.45) is 0 Å². The van der Waals surface area contributed by atoms with Gasteiger partial charge >= 0.3 is 0 Å². The molecule has 1 N–H and O–H groups in total. The molecule has 0 radical (unpaired) electrons. The quantitative estimate of drug-likeness (QED) is 0.915. The first-order chi connectivity index (χ1) is 11.1. The standard InChI is InChI=1S/C17H20N2O4/c1-11-14(12(2)23-19-11)7-8-17(20)18-9-13-10-21-15-5-3-4-6-16(15)22-13/h3-6,13H,7-10H2,1-2H3,(H,18,20)/t13-/m1/s1. The molecule has 1 aromatic heterocycles. The fourth-order valence-electron chi connectivity index (χ4n) is 2.58. The lowest BCUT2D eigenvalue weighted by molar-refractivity contribution is -0.121. The number of carbonyl (C=O) groups excluding carboxylic acids is 1. The predicted molar refractivity (Wildman–Crippen MR) is 83.7 cm³/mol. The molecule has 2 heterocycles. The third-order valence-corrected chi connectivity index (χ3v) is 3.88. The summed E-state index contributed by atoms with van der Waals surface area (Å²) in [7, 11) is 0. The van der Waals surface area contributed by atoms with E-state index < -0.39 is 0 Å². The average Bonchev–Trinajstić information content (AvgIpc) is 2.89. The van der Waals surface area contributed by atoms with Crippen molar-refractivity contribution in [3.8, 4) is 11.5 Å². The molecule has 1 atom stereocenters. The lowest BCUT2D eigenvalue weighted by Crippen LogP contribution is -2.40. The van der Waals surface area contributed by atoms with Crippen molar-refractivity contribution in [2.75, 3.05) is 13.2 Å². The van der Waals surface area contributed by atoms with Crippen molar-refractivity contribution >= 4 is 5.91 Å². The average molecular weight is 316 g/mol. The van der Waals surface area contributed by atoms with Crippen LogP contribution in [-0.4, -0.2) is 30.3 Å². The van der Waals surface area contributed by atoms with Gasteiger partial charge in [-0.25, -0.2) is 0 Å². The molecule has 0 bridgehead atoms. The maximum Gasteiger partial charge on any atom is 0.220 e. The van der Waals surface area contributed by atoms with Crippen LogP contribution in [0.1, 0.15) is 23.4 Å². The van der Waals surface area contributed by atoms with E-state index in [1.807, 2.05) is 38.1 Å². The number of fused-ring (bicyclic) bond motifs is 1. The van der Waals surface area contributed by atoms with Gasteiger partial charge in [0.2, 0.25) is 5.91 Å². The molecule has 0 saturated carbocycles. The molecule has 0 unspecified atom stereocenters. The molecule has 6 heteroatoms. The zero-order valence-corrected chi connectivity index (χ0v) is 13.3. The third-order valence-electron chi connectivity index (χ3n) is 3.88.